The topological polar surface area (TPSA) is 15.7 Å². The fraction of sp³-hybridized carbons (Fsp3) is 0. The van der Waals surface area contributed by atoms with E-state index in [1.165, 1.54) is 27.8 Å². The minimum Gasteiger partial charge on any atom is -0.454 e. The molecule has 0 saturated heterocycles. The highest BCUT2D eigenvalue weighted by molar-refractivity contribution is 6.08. The van der Waals surface area contributed by atoms with Crippen molar-refractivity contribution in [1.82, 2.24) is 0 Å². The molecule has 1 heterocycles. The Kier molecular flexibility index (Phi) is 9.18. The second-order valence-electron chi connectivity index (χ2n) is 15.3. The third-order valence-corrected chi connectivity index (χ3v) is 11.7. The summed E-state index contributed by atoms with van der Waals surface area (Å²) in [5, 5.41) is 2.26. The quantitative estimate of drug-likeness (QED) is 0.145. The average Bonchev–Trinajstić information content (AvgIpc) is 3.34. The minimum atomic E-state index is 0.845. The predicted octanol–water partition coefficient (Wildman–Crippen LogP) is 16.6. The molecule has 11 rings (SSSR count). The number of para-hydroxylation sites is 2. The lowest BCUT2D eigenvalue weighted by Crippen LogP contribution is -2.12. The van der Waals surface area contributed by atoms with Crippen LogP contribution in [0, 0.1) is 0 Å². The van der Waals surface area contributed by atoms with Gasteiger partial charge >= 0.3 is 0 Å². The summed E-state index contributed by atoms with van der Waals surface area (Å²) in [6.45, 7) is 0. The fourth-order valence-corrected chi connectivity index (χ4v) is 8.66. The fourth-order valence-electron chi connectivity index (χ4n) is 8.66. The molecule has 10 aromatic carbocycles. The van der Waals surface area contributed by atoms with Gasteiger partial charge in [-0.15, -0.1) is 0 Å². The van der Waals surface area contributed by atoms with Gasteiger partial charge in [-0.1, -0.05) is 164 Å². The smallest absolute Gasteiger partial charge is 0.159 e. The standard InChI is InChI=1S/C58H40N2O/c1-5-14-41(15-6-1)43-24-32-50(33-25-43)59(51-34-26-44(27-35-51)42-16-7-2-8-17-42)52-36-28-45(29-37-52)47-31-39-56-54(40-47)53-23-13-18-46-30-38-55(58(61-56)57(46)53)60(48-19-9-3-10-20-48)49-21-11-4-12-22-49/h1-40H. The summed E-state index contributed by atoms with van der Waals surface area (Å²) in [7, 11) is 0. The highest BCUT2D eigenvalue weighted by Gasteiger charge is 2.27. The van der Waals surface area contributed by atoms with E-state index in [0.29, 0.717) is 0 Å². The Morgan fingerprint density at radius 3 is 1.21 bits per heavy atom. The molecular formula is C58H40N2O. The number of nitrogens with zero attached hydrogens (tertiary/aromatic N) is 2. The van der Waals surface area contributed by atoms with E-state index < -0.39 is 0 Å². The van der Waals surface area contributed by atoms with Crippen molar-refractivity contribution in [1.29, 1.82) is 0 Å². The van der Waals surface area contributed by atoms with Gasteiger partial charge in [0.1, 0.15) is 5.75 Å². The zero-order valence-corrected chi connectivity index (χ0v) is 33.4. The second kappa shape index (κ2) is 15.6. The van der Waals surface area contributed by atoms with Gasteiger partial charge in [-0.25, -0.2) is 0 Å². The molecule has 3 heteroatoms. The van der Waals surface area contributed by atoms with Crippen LogP contribution in [0.5, 0.6) is 11.5 Å². The van der Waals surface area contributed by atoms with Gasteiger partial charge in [-0.3, -0.25) is 0 Å². The molecule has 0 unspecified atom stereocenters. The zero-order valence-electron chi connectivity index (χ0n) is 33.4. The molecule has 0 spiro atoms. The lowest BCUT2D eigenvalue weighted by molar-refractivity contribution is 0.488. The van der Waals surface area contributed by atoms with Crippen LogP contribution in [0.15, 0.2) is 243 Å². The van der Waals surface area contributed by atoms with Crippen molar-refractivity contribution in [2.45, 2.75) is 0 Å². The molecule has 0 fully saturated rings. The van der Waals surface area contributed by atoms with Crippen molar-refractivity contribution < 1.29 is 4.74 Å². The monoisotopic (exact) mass is 780 g/mol. The first-order valence-electron chi connectivity index (χ1n) is 20.7. The maximum Gasteiger partial charge on any atom is 0.159 e. The first-order valence-corrected chi connectivity index (χ1v) is 20.7. The summed E-state index contributed by atoms with van der Waals surface area (Å²) in [4.78, 5) is 4.61. The van der Waals surface area contributed by atoms with Gasteiger partial charge in [0.2, 0.25) is 0 Å². The van der Waals surface area contributed by atoms with Gasteiger partial charge in [0, 0.05) is 39.4 Å². The van der Waals surface area contributed by atoms with Crippen LogP contribution in [0.4, 0.5) is 34.1 Å². The molecule has 3 nitrogen and oxygen atoms in total. The molecule has 0 radical (unpaired) electrons. The van der Waals surface area contributed by atoms with E-state index in [0.717, 1.165) is 73.1 Å². The number of anilines is 6. The van der Waals surface area contributed by atoms with Crippen molar-refractivity contribution in [2.24, 2.45) is 0 Å². The van der Waals surface area contributed by atoms with Gasteiger partial charge in [0.15, 0.2) is 5.75 Å². The van der Waals surface area contributed by atoms with Crippen molar-refractivity contribution >= 4 is 44.9 Å². The Labute approximate surface area is 356 Å². The molecule has 10 aromatic rings. The molecule has 0 N–H and O–H groups in total. The van der Waals surface area contributed by atoms with Gasteiger partial charge < -0.3 is 14.5 Å². The van der Waals surface area contributed by atoms with E-state index in [9.17, 15) is 0 Å². The number of benzene rings is 10. The van der Waals surface area contributed by atoms with Crippen LogP contribution in [0.25, 0.3) is 55.3 Å². The van der Waals surface area contributed by atoms with Crippen molar-refractivity contribution in [3.8, 4) is 56.0 Å². The molecular weight excluding hydrogens is 741 g/mol. The maximum atomic E-state index is 6.97. The Morgan fingerprint density at radius 1 is 0.279 bits per heavy atom. The maximum absolute atomic E-state index is 6.97. The molecule has 0 amide bonds. The van der Waals surface area contributed by atoms with Gasteiger partial charge in [0.05, 0.1) is 5.69 Å². The van der Waals surface area contributed by atoms with Crippen LogP contribution < -0.4 is 14.5 Å². The summed E-state index contributed by atoms with van der Waals surface area (Å²) in [6.07, 6.45) is 0. The summed E-state index contributed by atoms with van der Waals surface area (Å²) in [5.41, 5.74) is 15.7. The lowest BCUT2D eigenvalue weighted by Gasteiger charge is -2.30. The zero-order chi connectivity index (χ0) is 40.5. The predicted molar refractivity (Wildman–Crippen MR) is 255 cm³/mol. The van der Waals surface area contributed by atoms with Gasteiger partial charge in [-0.05, 0) is 123 Å². The summed E-state index contributed by atoms with van der Waals surface area (Å²) < 4.78 is 6.97. The largest absolute Gasteiger partial charge is 0.454 e. The molecule has 0 bridgehead atoms. The van der Waals surface area contributed by atoms with Crippen molar-refractivity contribution in [3.63, 3.8) is 0 Å². The molecule has 1 aliphatic rings. The van der Waals surface area contributed by atoms with Crippen LogP contribution in [-0.2, 0) is 0 Å². The number of rotatable bonds is 9. The first-order chi connectivity index (χ1) is 30.2. The van der Waals surface area contributed by atoms with E-state index in [-0.39, 0.29) is 0 Å². The molecule has 288 valence electrons. The third-order valence-electron chi connectivity index (χ3n) is 11.7. The highest BCUT2D eigenvalue weighted by Crippen LogP contribution is 2.53. The molecule has 61 heavy (non-hydrogen) atoms. The SMILES string of the molecule is c1ccc(-c2ccc(N(c3ccc(-c4ccccc4)cc3)c3ccc(-c4ccc5c(c4)-c4cccc6ccc(N(c7ccccc7)c7ccccc7)c(c46)O5)cc3)cc2)cc1. The molecule has 0 aromatic heterocycles. The second-order valence-corrected chi connectivity index (χ2v) is 15.3. The van der Waals surface area contributed by atoms with Crippen LogP contribution in [-0.4, -0.2) is 0 Å². The van der Waals surface area contributed by atoms with Gasteiger partial charge in [0.25, 0.3) is 0 Å². The lowest BCUT2D eigenvalue weighted by atomic mass is 9.91. The van der Waals surface area contributed by atoms with Crippen LogP contribution in [0.2, 0.25) is 0 Å². The average molecular weight is 781 g/mol. The van der Waals surface area contributed by atoms with Crippen LogP contribution in [0.1, 0.15) is 0 Å². The van der Waals surface area contributed by atoms with E-state index in [1.54, 1.807) is 0 Å². The first kappa shape index (κ1) is 36.0. The molecule has 0 saturated carbocycles. The Morgan fingerprint density at radius 2 is 0.705 bits per heavy atom. The van der Waals surface area contributed by atoms with Crippen molar-refractivity contribution in [3.05, 3.63) is 243 Å². The number of hydrogen-bond acceptors (Lipinski definition) is 3. The van der Waals surface area contributed by atoms with E-state index in [4.69, 9.17) is 4.74 Å². The van der Waals surface area contributed by atoms with E-state index in [2.05, 4.69) is 252 Å². The number of ether oxygens (including phenoxy) is 1. The number of hydrogen-bond donors (Lipinski definition) is 0. The van der Waals surface area contributed by atoms with E-state index >= 15 is 0 Å². The Balaban J connectivity index is 0.961. The third kappa shape index (κ3) is 6.78. The summed E-state index contributed by atoms with van der Waals surface area (Å²) >= 11 is 0. The molecule has 0 aliphatic carbocycles. The van der Waals surface area contributed by atoms with Gasteiger partial charge in [-0.2, -0.15) is 0 Å². The Hall–Kier alpha value is -8.14. The van der Waals surface area contributed by atoms with Crippen LogP contribution in [0.3, 0.4) is 0 Å². The normalized spacial score (nSPS) is 11.4. The van der Waals surface area contributed by atoms with Crippen LogP contribution >= 0.6 is 0 Å². The van der Waals surface area contributed by atoms with E-state index in [1.807, 2.05) is 0 Å². The molecule has 1 aliphatic heterocycles. The highest BCUT2D eigenvalue weighted by atomic mass is 16.5. The summed E-state index contributed by atoms with van der Waals surface area (Å²) in [5.74, 6) is 1.71. The van der Waals surface area contributed by atoms with Crippen molar-refractivity contribution in [2.75, 3.05) is 9.80 Å². The Bertz CT molecular complexity index is 2990. The summed E-state index contributed by atoms with van der Waals surface area (Å²) in [6, 6.07) is 86.2. The molecule has 0 atom stereocenters. The number of fused-ring (bicyclic) bond motifs is 2. The minimum absolute atomic E-state index is 0.845.